The van der Waals surface area contributed by atoms with Crippen LogP contribution in [0.4, 0.5) is 4.39 Å². The molecule has 1 aliphatic rings. The second-order valence-electron chi connectivity index (χ2n) is 4.08. The van der Waals surface area contributed by atoms with E-state index in [1.807, 2.05) is 11.0 Å². The van der Waals surface area contributed by atoms with Gasteiger partial charge < -0.3 is 5.11 Å². The fourth-order valence-corrected chi connectivity index (χ4v) is 2.28. The Hall–Kier alpha value is -1.42. The zero-order valence-corrected chi connectivity index (χ0v) is 8.90. The molecular formula is C12H14FNO2. The number of benzene rings is 1. The number of carboxylic acids is 1. The van der Waals surface area contributed by atoms with Crippen LogP contribution in [0.1, 0.15) is 24.4 Å². The van der Waals surface area contributed by atoms with E-state index in [2.05, 4.69) is 0 Å². The van der Waals surface area contributed by atoms with Crippen LogP contribution in [0.15, 0.2) is 24.3 Å². The summed E-state index contributed by atoms with van der Waals surface area (Å²) < 4.78 is 13.1. The Morgan fingerprint density at radius 3 is 3.06 bits per heavy atom. The predicted octanol–water partition coefficient (Wildman–Crippen LogP) is 2.05. The fourth-order valence-electron chi connectivity index (χ4n) is 2.28. The van der Waals surface area contributed by atoms with Crippen LogP contribution >= 0.6 is 0 Å². The fraction of sp³-hybridized carbons (Fsp3) is 0.417. The highest BCUT2D eigenvalue weighted by Gasteiger charge is 2.27. The molecule has 16 heavy (non-hydrogen) atoms. The van der Waals surface area contributed by atoms with Gasteiger partial charge in [0, 0.05) is 6.04 Å². The summed E-state index contributed by atoms with van der Waals surface area (Å²) in [6.07, 6.45) is 1.87. The minimum atomic E-state index is -0.830. The maximum absolute atomic E-state index is 13.1. The SMILES string of the molecule is O=C(O)CN1CCC[C@H]1c1cccc(F)c1. The molecule has 0 aromatic heterocycles. The summed E-state index contributed by atoms with van der Waals surface area (Å²) >= 11 is 0. The second-order valence-corrected chi connectivity index (χ2v) is 4.08. The van der Waals surface area contributed by atoms with E-state index in [-0.39, 0.29) is 18.4 Å². The molecule has 1 heterocycles. The highest BCUT2D eigenvalue weighted by Crippen LogP contribution is 2.31. The van der Waals surface area contributed by atoms with Gasteiger partial charge in [0.25, 0.3) is 0 Å². The lowest BCUT2D eigenvalue weighted by molar-refractivity contribution is -0.138. The Bertz CT molecular complexity index is 394. The van der Waals surface area contributed by atoms with E-state index in [0.717, 1.165) is 24.9 Å². The number of halogens is 1. The summed E-state index contributed by atoms with van der Waals surface area (Å²) in [4.78, 5) is 12.6. The number of rotatable bonds is 3. The quantitative estimate of drug-likeness (QED) is 0.852. The van der Waals surface area contributed by atoms with Gasteiger partial charge >= 0.3 is 5.97 Å². The van der Waals surface area contributed by atoms with Crippen LogP contribution in [0.3, 0.4) is 0 Å². The standard InChI is InChI=1S/C12H14FNO2/c13-10-4-1-3-9(7-10)11-5-2-6-14(11)8-12(15)16/h1,3-4,7,11H,2,5-6,8H2,(H,15,16)/t11-/m0/s1. The molecule has 1 N–H and O–H groups in total. The molecule has 86 valence electrons. The molecule has 3 nitrogen and oxygen atoms in total. The van der Waals surface area contributed by atoms with Crippen molar-refractivity contribution in [2.45, 2.75) is 18.9 Å². The van der Waals surface area contributed by atoms with Crippen LogP contribution in [0.2, 0.25) is 0 Å². The van der Waals surface area contributed by atoms with Gasteiger partial charge in [-0.25, -0.2) is 4.39 Å². The van der Waals surface area contributed by atoms with Gasteiger partial charge in [-0.3, -0.25) is 9.69 Å². The van der Waals surface area contributed by atoms with Crippen LogP contribution in [-0.2, 0) is 4.79 Å². The molecule has 0 amide bonds. The van der Waals surface area contributed by atoms with Crippen molar-refractivity contribution in [3.63, 3.8) is 0 Å². The highest BCUT2D eigenvalue weighted by atomic mass is 19.1. The molecular weight excluding hydrogens is 209 g/mol. The lowest BCUT2D eigenvalue weighted by Gasteiger charge is -2.22. The largest absolute Gasteiger partial charge is 0.480 e. The molecule has 1 saturated heterocycles. The first-order valence-electron chi connectivity index (χ1n) is 5.38. The van der Waals surface area contributed by atoms with Gasteiger partial charge in [-0.2, -0.15) is 0 Å². The lowest BCUT2D eigenvalue weighted by atomic mass is 10.0. The zero-order valence-electron chi connectivity index (χ0n) is 8.90. The molecule has 1 aromatic carbocycles. The summed E-state index contributed by atoms with van der Waals surface area (Å²) in [6.45, 7) is 0.800. The number of likely N-dealkylation sites (tertiary alicyclic amines) is 1. The van der Waals surface area contributed by atoms with Crippen LogP contribution in [0.5, 0.6) is 0 Å². The van der Waals surface area contributed by atoms with Gasteiger partial charge in [0.1, 0.15) is 5.82 Å². The summed E-state index contributed by atoms with van der Waals surface area (Å²) in [6, 6.07) is 6.47. The molecule has 0 bridgehead atoms. The predicted molar refractivity (Wildman–Crippen MR) is 57.6 cm³/mol. The maximum Gasteiger partial charge on any atom is 0.317 e. The van der Waals surface area contributed by atoms with Crippen molar-refractivity contribution >= 4 is 5.97 Å². The zero-order chi connectivity index (χ0) is 11.5. The molecule has 1 atom stereocenters. The van der Waals surface area contributed by atoms with E-state index < -0.39 is 5.97 Å². The Balaban J connectivity index is 2.16. The van der Waals surface area contributed by atoms with E-state index in [1.165, 1.54) is 12.1 Å². The molecule has 0 unspecified atom stereocenters. The summed E-state index contributed by atoms with van der Waals surface area (Å²) in [7, 11) is 0. The third kappa shape index (κ3) is 2.39. The van der Waals surface area contributed by atoms with Crippen molar-refractivity contribution in [2.75, 3.05) is 13.1 Å². The van der Waals surface area contributed by atoms with Crippen molar-refractivity contribution in [1.82, 2.24) is 4.90 Å². The monoisotopic (exact) mass is 223 g/mol. The lowest BCUT2D eigenvalue weighted by Crippen LogP contribution is -2.29. The molecule has 2 rings (SSSR count). The molecule has 1 fully saturated rings. The molecule has 0 radical (unpaired) electrons. The molecule has 0 spiro atoms. The van der Waals surface area contributed by atoms with Crippen molar-refractivity contribution in [3.8, 4) is 0 Å². The number of nitrogens with zero attached hydrogens (tertiary/aromatic N) is 1. The first kappa shape index (κ1) is 11.1. The topological polar surface area (TPSA) is 40.5 Å². The minimum absolute atomic E-state index is 0.0289. The number of hydrogen-bond acceptors (Lipinski definition) is 2. The second kappa shape index (κ2) is 4.61. The third-order valence-electron chi connectivity index (χ3n) is 2.94. The van der Waals surface area contributed by atoms with Crippen molar-refractivity contribution < 1.29 is 14.3 Å². The van der Waals surface area contributed by atoms with Crippen LogP contribution in [0, 0.1) is 5.82 Å². The summed E-state index contributed by atoms with van der Waals surface area (Å²) in [5, 5.41) is 8.78. The van der Waals surface area contributed by atoms with E-state index >= 15 is 0 Å². The third-order valence-corrected chi connectivity index (χ3v) is 2.94. The van der Waals surface area contributed by atoms with Crippen molar-refractivity contribution in [3.05, 3.63) is 35.6 Å². The Labute approximate surface area is 93.5 Å². The van der Waals surface area contributed by atoms with Crippen molar-refractivity contribution in [1.29, 1.82) is 0 Å². The van der Waals surface area contributed by atoms with Gasteiger partial charge in [-0.05, 0) is 37.1 Å². The molecule has 1 aromatic rings. The Morgan fingerprint density at radius 1 is 1.56 bits per heavy atom. The van der Waals surface area contributed by atoms with Crippen LogP contribution in [0.25, 0.3) is 0 Å². The Kier molecular flexibility index (Phi) is 3.19. The van der Waals surface area contributed by atoms with E-state index in [9.17, 15) is 9.18 Å². The van der Waals surface area contributed by atoms with Gasteiger partial charge in [0.2, 0.25) is 0 Å². The maximum atomic E-state index is 13.1. The first-order valence-corrected chi connectivity index (χ1v) is 5.38. The normalized spacial score (nSPS) is 21.2. The average Bonchev–Trinajstić information content (AvgIpc) is 2.65. The first-order chi connectivity index (χ1) is 7.66. The van der Waals surface area contributed by atoms with Crippen molar-refractivity contribution in [2.24, 2.45) is 0 Å². The van der Waals surface area contributed by atoms with E-state index in [1.54, 1.807) is 6.07 Å². The molecule has 0 aliphatic carbocycles. The van der Waals surface area contributed by atoms with Gasteiger partial charge in [0.05, 0.1) is 6.54 Å². The molecule has 4 heteroatoms. The minimum Gasteiger partial charge on any atom is -0.480 e. The molecule has 0 saturated carbocycles. The number of aliphatic carboxylic acids is 1. The number of hydrogen-bond donors (Lipinski definition) is 1. The van der Waals surface area contributed by atoms with E-state index in [0.29, 0.717) is 0 Å². The Morgan fingerprint density at radius 2 is 2.38 bits per heavy atom. The van der Waals surface area contributed by atoms with Gasteiger partial charge in [-0.15, -0.1) is 0 Å². The smallest absolute Gasteiger partial charge is 0.317 e. The summed E-state index contributed by atoms with van der Waals surface area (Å²) in [5.74, 6) is -1.09. The average molecular weight is 223 g/mol. The molecule has 1 aliphatic heterocycles. The number of carboxylic acid groups (broad SMARTS) is 1. The van der Waals surface area contributed by atoms with Gasteiger partial charge in [0.15, 0.2) is 0 Å². The number of carbonyl (C=O) groups is 1. The highest BCUT2D eigenvalue weighted by molar-refractivity contribution is 5.69. The van der Waals surface area contributed by atoms with Crippen LogP contribution in [-0.4, -0.2) is 29.1 Å². The van der Waals surface area contributed by atoms with Gasteiger partial charge in [-0.1, -0.05) is 12.1 Å². The summed E-state index contributed by atoms with van der Waals surface area (Å²) in [5.41, 5.74) is 0.874. The van der Waals surface area contributed by atoms with E-state index in [4.69, 9.17) is 5.11 Å². The van der Waals surface area contributed by atoms with Crippen LogP contribution < -0.4 is 0 Å².